The number of ether oxygens (including phenoxy) is 1. The molecule has 0 fully saturated rings. The molecule has 3 rings (SSSR count). The number of nitrogens with zero attached hydrogens (tertiary/aromatic N) is 2. The summed E-state index contributed by atoms with van der Waals surface area (Å²) in [7, 11) is 0. The van der Waals surface area contributed by atoms with Crippen LogP contribution in [0.1, 0.15) is 17.5 Å². The molecule has 0 bridgehead atoms. The van der Waals surface area contributed by atoms with Crippen molar-refractivity contribution in [2.75, 3.05) is 0 Å². The summed E-state index contributed by atoms with van der Waals surface area (Å²) in [5.74, 6) is 0.0935. The third-order valence-electron chi connectivity index (χ3n) is 3.45. The molecule has 4 nitrogen and oxygen atoms in total. The van der Waals surface area contributed by atoms with Crippen LogP contribution in [0, 0.1) is 11.3 Å². The van der Waals surface area contributed by atoms with E-state index in [0.717, 1.165) is 16.8 Å². The molecule has 0 N–H and O–H groups in total. The third kappa shape index (κ3) is 4.37. The van der Waals surface area contributed by atoms with Gasteiger partial charge in [0.05, 0.1) is 11.3 Å². The van der Waals surface area contributed by atoms with Gasteiger partial charge in [0.2, 0.25) is 0 Å². The van der Waals surface area contributed by atoms with Crippen LogP contribution in [0.15, 0.2) is 53.9 Å². The summed E-state index contributed by atoms with van der Waals surface area (Å²) in [5, 5.41) is 12.7. The molecule has 3 aromatic rings. The van der Waals surface area contributed by atoms with E-state index in [4.69, 9.17) is 16.3 Å². The minimum Gasteiger partial charge on any atom is -0.427 e. The molecule has 0 radical (unpaired) electrons. The zero-order valence-electron chi connectivity index (χ0n) is 13.8. The molecule has 0 saturated heterocycles. The predicted octanol–water partition coefficient (Wildman–Crippen LogP) is 5.45. The lowest BCUT2D eigenvalue weighted by Gasteiger charge is -2.01. The van der Waals surface area contributed by atoms with Crippen LogP contribution >= 0.6 is 22.9 Å². The number of thiazole rings is 1. The van der Waals surface area contributed by atoms with Gasteiger partial charge in [-0.2, -0.15) is 5.26 Å². The average Bonchev–Trinajstić information content (AvgIpc) is 3.11. The first kappa shape index (κ1) is 17.9. The lowest BCUT2D eigenvalue weighted by Crippen LogP contribution is -2.00. The number of carbonyl (C=O) groups is 1. The van der Waals surface area contributed by atoms with Gasteiger partial charge in [0.1, 0.15) is 16.8 Å². The molecule has 1 heterocycles. The zero-order valence-corrected chi connectivity index (χ0v) is 15.3. The lowest BCUT2D eigenvalue weighted by atomic mass is 10.1. The molecule has 2 aromatic carbocycles. The highest BCUT2D eigenvalue weighted by Gasteiger charge is 2.09. The van der Waals surface area contributed by atoms with Gasteiger partial charge in [-0.15, -0.1) is 11.3 Å². The predicted molar refractivity (Wildman–Crippen MR) is 104 cm³/mol. The largest absolute Gasteiger partial charge is 0.427 e. The van der Waals surface area contributed by atoms with Crippen LogP contribution in [-0.4, -0.2) is 11.0 Å². The SMILES string of the molecule is CC(=O)Oc1ccc(/C=C(\C#N)c2nc(-c3ccc(Cl)cc3)cs2)cc1. The molecular weight excluding hydrogens is 368 g/mol. The van der Waals surface area contributed by atoms with E-state index in [1.54, 1.807) is 30.3 Å². The number of carbonyl (C=O) groups excluding carboxylic acids is 1. The third-order valence-corrected chi connectivity index (χ3v) is 4.58. The summed E-state index contributed by atoms with van der Waals surface area (Å²) in [6.45, 7) is 1.35. The zero-order chi connectivity index (χ0) is 18.5. The van der Waals surface area contributed by atoms with Gasteiger partial charge in [-0.3, -0.25) is 4.79 Å². The second-order valence-electron chi connectivity index (χ2n) is 5.38. The quantitative estimate of drug-likeness (QED) is 0.343. The second-order valence-corrected chi connectivity index (χ2v) is 6.67. The summed E-state index contributed by atoms with van der Waals surface area (Å²) in [6, 6.07) is 16.5. The fourth-order valence-electron chi connectivity index (χ4n) is 2.26. The van der Waals surface area contributed by atoms with Crippen molar-refractivity contribution in [1.82, 2.24) is 4.98 Å². The van der Waals surface area contributed by atoms with Crippen LogP contribution in [0.3, 0.4) is 0 Å². The molecule has 0 amide bonds. The fourth-order valence-corrected chi connectivity index (χ4v) is 3.18. The Balaban J connectivity index is 1.85. The molecule has 26 heavy (non-hydrogen) atoms. The van der Waals surface area contributed by atoms with E-state index in [9.17, 15) is 10.1 Å². The number of hydrogen-bond donors (Lipinski definition) is 0. The smallest absolute Gasteiger partial charge is 0.308 e. The Morgan fingerprint density at radius 2 is 1.88 bits per heavy atom. The summed E-state index contributed by atoms with van der Waals surface area (Å²) in [4.78, 5) is 15.5. The molecule has 0 unspecified atom stereocenters. The van der Waals surface area contributed by atoms with E-state index in [1.807, 2.05) is 29.6 Å². The fraction of sp³-hybridized carbons (Fsp3) is 0.0500. The van der Waals surface area contributed by atoms with Crippen molar-refractivity contribution in [1.29, 1.82) is 5.26 Å². The normalized spacial score (nSPS) is 11.0. The first-order valence-electron chi connectivity index (χ1n) is 7.67. The lowest BCUT2D eigenvalue weighted by molar-refractivity contribution is -0.131. The molecule has 128 valence electrons. The van der Waals surface area contributed by atoms with Crippen LogP contribution in [0.5, 0.6) is 5.75 Å². The maximum atomic E-state index is 11.0. The maximum absolute atomic E-state index is 11.0. The molecule has 0 aliphatic carbocycles. The number of esters is 1. The van der Waals surface area contributed by atoms with Crippen LogP contribution in [0.4, 0.5) is 0 Å². The molecule has 0 spiro atoms. The van der Waals surface area contributed by atoms with Crippen LogP contribution in [0.2, 0.25) is 5.02 Å². The molecule has 0 atom stereocenters. The molecule has 1 aromatic heterocycles. The molecule has 0 aliphatic heterocycles. The number of nitriles is 1. The van der Waals surface area contributed by atoms with Gasteiger partial charge in [0, 0.05) is 22.9 Å². The Hall–Kier alpha value is -2.94. The number of hydrogen-bond acceptors (Lipinski definition) is 5. The van der Waals surface area contributed by atoms with Crippen molar-refractivity contribution in [2.45, 2.75) is 6.92 Å². The Morgan fingerprint density at radius 1 is 1.19 bits per heavy atom. The van der Waals surface area contributed by atoms with Gasteiger partial charge in [-0.25, -0.2) is 4.98 Å². The second kappa shape index (κ2) is 7.96. The van der Waals surface area contributed by atoms with Crippen molar-refractivity contribution < 1.29 is 9.53 Å². The summed E-state index contributed by atoms with van der Waals surface area (Å²) < 4.78 is 5.00. The summed E-state index contributed by atoms with van der Waals surface area (Å²) >= 11 is 7.32. The van der Waals surface area contributed by atoms with Gasteiger partial charge >= 0.3 is 5.97 Å². The van der Waals surface area contributed by atoms with Crippen LogP contribution < -0.4 is 4.74 Å². The maximum Gasteiger partial charge on any atom is 0.308 e. The van der Waals surface area contributed by atoms with E-state index in [2.05, 4.69) is 11.1 Å². The molecular formula is C20H13ClN2O2S. The topological polar surface area (TPSA) is 63.0 Å². The number of allylic oxidation sites excluding steroid dienone is 1. The molecule has 6 heteroatoms. The van der Waals surface area contributed by atoms with Gasteiger partial charge in [-0.1, -0.05) is 35.9 Å². The van der Waals surface area contributed by atoms with Gasteiger partial charge < -0.3 is 4.74 Å². The highest BCUT2D eigenvalue weighted by Crippen LogP contribution is 2.28. The first-order valence-corrected chi connectivity index (χ1v) is 8.93. The van der Waals surface area contributed by atoms with Gasteiger partial charge in [0.25, 0.3) is 0 Å². The monoisotopic (exact) mass is 380 g/mol. The Morgan fingerprint density at radius 3 is 2.50 bits per heavy atom. The van der Waals surface area contributed by atoms with E-state index < -0.39 is 0 Å². The van der Waals surface area contributed by atoms with E-state index >= 15 is 0 Å². The molecule has 0 aliphatic rings. The number of aromatic nitrogens is 1. The van der Waals surface area contributed by atoms with E-state index in [1.165, 1.54) is 18.3 Å². The highest BCUT2D eigenvalue weighted by molar-refractivity contribution is 7.11. The van der Waals surface area contributed by atoms with E-state index in [0.29, 0.717) is 21.4 Å². The van der Waals surface area contributed by atoms with Crippen LogP contribution in [-0.2, 0) is 4.79 Å². The minimum atomic E-state index is -0.372. The van der Waals surface area contributed by atoms with Crippen molar-refractivity contribution in [2.24, 2.45) is 0 Å². The number of rotatable bonds is 4. The first-order chi connectivity index (χ1) is 12.5. The van der Waals surface area contributed by atoms with Crippen molar-refractivity contribution in [3.05, 3.63) is 69.5 Å². The van der Waals surface area contributed by atoms with Crippen molar-refractivity contribution >= 4 is 40.6 Å². The average molecular weight is 381 g/mol. The number of halogens is 1. The highest BCUT2D eigenvalue weighted by atomic mass is 35.5. The van der Waals surface area contributed by atoms with Crippen molar-refractivity contribution in [3.8, 4) is 23.1 Å². The number of benzene rings is 2. The Kier molecular flexibility index (Phi) is 5.47. The standard InChI is InChI=1S/C20H13ClN2O2S/c1-13(24)25-18-8-2-14(3-9-18)10-16(11-22)20-23-19(12-26-20)15-4-6-17(21)7-5-15/h2-10,12H,1H3/b16-10+. The summed E-state index contributed by atoms with van der Waals surface area (Å²) in [5.41, 5.74) is 3.03. The van der Waals surface area contributed by atoms with Crippen molar-refractivity contribution in [3.63, 3.8) is 0 Å². The van der Waals surface area contributed by atoms with Gasteiger partial charge in [-0.05, 0) is 35.9 Å². The summed E-state index contributed by atoms with van der Waals surface area (Å²) in [6.07, 6.45) is 1.75. The van der Waals surface area contributed by atoms with Crippen LogP contribution in [0.25, 0.3) is 22.9 Å². The van der Waals surface area contributed by atoms with Gasteiger partial charge in [0.15, 0.2) is 0 Å². The van der Waals surface area contributed by atoms with E-state index in [-0.39, 0.29) is 5.97 Å². The minimum absolute atomic E-state index is 0.372. The molecule has 0 saturated carbocycles. The Labute approximate surface area is 160 Å². The Bertz CT molecular complexity index is 1000.